The summed E-state index contributed by atoms with van der Waals surface area (Å²) in [5.41, 5.74) is 1.08. The molecule has 1 rings (SSSR count). The summed E-state index contributed by atoms with van der Waals surface area (Å²) in [5.74, 6) is 0.686. The van der Waals surface area contributed by atoms with Crippen molar-refractivity contribution in [2.24, 2.45) is 5.41 Å². The Morgan fingerprint density at radius 1 is 1.22 bits per heavy atom. The van der Waals surface area contributed by atoms with Gasteiger partial charge in [0, 0.05) is 11.8 Å². The Morgan fingerprint density at radius 3 is 2.17 bits per heavy atom. The quantitative estimate of drug-likeness (QED) is 0.669. The normalized spacial score (nSPS) is 12.2. The molecular formula is C17H26O. The van der Waals surface area contributed by atoms with Crippen molar-refractivity contribution < 1.29 is 4.79 Å². The van der Waals surface area contributed by atoms with Gasteiger partial charge in [0.25, 0.3) is 0 Å². The van der Waals surface area contributed by atoms with Gasteiger partial charge in [-0.05, 0) is 17.9 Å². The summed E-state index contributed by atoms with van der Waals surface area (Å²) in [5, 5.41) is 0. The van der Waals surface area contributed by atoms with E-state index in [1.54, 1.807) is 0 Å². The smallest absolute Gasteiger partial charge is 0.139 e. The van der Waals surface area contributed by atoms with Crippen LogP contribution in [0.5, 0.6) is 0 Å². The number of rotatable bonds is 5. The summed E-state index contributed by atoms with van der Waals surface area (Å²) >= 11 is 0. The third-order valence-corrected chi connectivity index (χ3v) is 3.50. The van der Waals surface area contributed by atoms with E-state index < -0.39 is 0 Å². The van der Waals surface area contributed by atoms with Crippen LogP contribution < -0.4 is 0 Å². The van der Waals surface area contributed by atoms with Crippen molar-refractivity contribution in [3.05, 3.63) is 49.1 Å². The lowest BCUT2D eigenvalue weighted by molar-refractivity contribution is -0.127. The van der Waals surface area contributed by atoms with E-state index in [9.17, 15) is 4.79 Å². The Hall–Kier alpha value is -1.37. The van der Waals surface area contributed by atoms with Gasteiger partial charge in [0.1, 0.15) is 5.78 Å². The highest BCUT2D eigenvalue weighted by Crippen LogP contribution is 2.28. The van der Waals surface area contributed by atoms with Crippen LogP contribution in [0.4, 0.5) is 0 Å². The molecule has 0 bridgehead atoms. The van der Waals surface area contributed by atoms with Gasteiger partial charge in [-0.3, -0.25) is 4.79 Å². The molecule has 18 heavy (non-hydrogen) atoms. The van der Waals surface area contributed by atoms with Crippen LogP contribution in [0.15, 0.2) is 43.5 Å². The molecule has 0 unspecified atom stereocenters. The molecular weight excluding hydrogens is 220 g/mol. The zero-order chi connectivity index (χ0) is 14.2. The Morgan fingerprint density at radius 2 is 1.72 bits per heavy atom. The number of carbonyl (C=O) groups excluding carboxylic acids is 1. The van der Waals surface area contributed by atoms with Crippen LogP contribution >= 0.6 is 0 Å². The highest BCUT2D eigenvalue weighted by molar-refractivity contribution is 5.84. The molecule has 1 nitrogen and oxygen atoms in total. The fourth-order valence-corrected chi connectivity index (χ4v) is 1.65. The Balaban J connectivity index is 0.00000137. The summed E-state index contributed by atoms with van der Waals surface area (Å²) in [4.78, 5) is 12.1. The first-order chi connectivity index (χ1) is 8.47. The van der Waals surface area contributed by atoms with Crippen molar-refractivity contribution in [3.63, 3.8) is 0 Å². The average molecular weight is 246 g/mol. The minimum Gasteiger partial charge on any atom is -0.299 e. The molecule has 0 aliphatic heterocycles. The lowest BCUT2D eigenvalue weighted by Gasteiger charge is -2.23. The Kier molecular flexibility index (Phi) is 7.26. The second-order valence-electron chi connectivity index (χ2n) is 5.18. The van der Waals surface area contributed by atoms with Gasteiger partial charge in [0.15, 0.2) is 0 Å². The molecule has 0 radical (unpaired) electrons. The first-order valence-corrected chi connectivity index (χ1v) is 6.55. The summed E-state index contributed by atoms with van der Waals surface area (Å²) < 4.78 is 0. The van der Waals surface area contributed by atoms with E-state index in [4.69, 9.17) is 0 Å². The highest BCUT2D eigenvalue weighted by atomic mass is 16.1. The van der Waals surface area contributed by atoms with Crippen LogP contribution in [0.1, 0.15) is 52.0 Å². The first-order valence-electron chi connectivity index (χ1n) is 6.55. The van der Waals surface area contributed by atoms with Gasteiger partial charge >= 0.3 is 0 Å². The summed E-state index contributed by atoms with van der Waals surface area (Å²) in [6.07, 6.45) is 1.55. The van der Waals surface area contributed by atoms with Crippen LogP contribution in [-0.2, 0) is 4.79 Å². The average Bonchev–Trinajstić information content (AvgIpc) is 2.41. The van der Waals surface area contributed by atoms with Crippen molar-refractivity contribution in [1.82, 2.24) is 0 Å². The molecule has 0 heterocycles. The first kappa shape index (κ1) is 16.6. The molecule has 1 aromatic carbocycles. The molecule has 0 aliphatic carbocycles. The van der Waals surface area contributed by atoms with E-state index in [1.807, 2.05) is 32.0 Å². The summed E-state index contributed by atoms with van der Waals surface area (Å²) in [6.45, 7) is 14.3. The van der Waals surface area contributed by atoms with Crippen molar-refractivity contribution in [2.45, 2.75) is 46.5 Å². The molecule has 1 atom stereocenters. The zero-order valence-electron chi connectivity index (χ0n) is 12.2. The van der Waals surface area contributed by atoms with Crippen LogP contribution in [0.25, 0.3) is 0 Å². The maximum absolute atomic E-state index is 12.1. The lowest BCUT2D eigenvalue weighted by Crippen LogP contribution is -2.24. The molecule has 1 heteroatoms. The second kappa shape index (κ2) is 7.86. The number of hydrogen-bond acceptors (Lipinski definition) is 1. The molecule has 0 spiro atoms. The van der Waals surface area contributed by atoms with E-state index in [-0.39, 0.29) is 5.41 Å². The second-order valence-corrected chi connectivity index (χ2v) is 5.18. The fourth-order valence-electron chi connectivity index (χ4n) is 1.65. The number of carbonyl (C=O) groups is 1. The SMILES string of the molecule is C=C.CCC(C)(C)C(=O)C[C@@H](C)c1ccccc1. The van der Waals surface area contributed by atoms with Gasteiger partial charge in [0.05, 0.1) is 0 Å². The van der Waals surface area contributed by atoms with E-state index in [1.165, 1.54) is 5.56 Å². The zero-order valence-corrected chi connectivity index (χ0v) is 12.2. The van der Waals surface area contributed by atoms with Crippen molar-refractivity contribution >= 4 is 5.78 Å². The largest absolute Gasteiger partial charge is 0.299 e. The number of benzene rings is 1. The molecule has 0 aliphatic rings. The molecule has 0 N–H and O–H groups in total. The monoisotopic (exact) mass is 246 g/mol. The molecule has 0 saturated carbocycles. The van der Waals surface area contributed by atoms with Crippen LogP contribution in [-0.4, -0.2) is 5.78 Å². The number of hydrogen-bond donors (Lipinski definition) is 0. The minimum atomic E-state index is -0.178. The minimum absolute atomic E-state index is 0.178. The van der Waals surface area contributed by atoms with Gasteiger partial charge in [-0.25, -0.2) is 0 Å². The van der Waals surface area contributed by atoms with Gasteiger partial charge in [0.2, 0.25) is 0 Å². The van der Waals surface area contributed by atoms with Crippen molar-refractivity contribution in [3.8, 4) is 0 Å². The fraction of sp³-hybridized carbons (Fsp3) is 0.471. The van der Waals surface area contributed by atoms with Gasteiger partial charge in [-0.2, -0.15) is 0 Å². The van der Waals surface area contributed by atoms with E-state index in [0.717, 1.165) is 6.42 Å². The predicted octanol–water partition coefficient (Wildman–Crippen LogP) is 4.99. The Labute approximate surface area is 112 Å². The van der Waals surface area contributed by atoms with Gasteiger partial charge in [-0.1, -0.05) is 58.0 Å². The van der Waals surface area contributed by atoms with Gasteiger partial charge < -0.3 is 0 Å². The summed E-state index contributed by atoms with van der Waals surface area (Å²) in [6, 6.07) is 10.3. The van der Waals surface area contributed by atoms with E-state index >= 15 is 0 Å². The maximum Gasteiger partial charge on any atom is 0.139 e. The Bertz CT molecular complexity index is 351. The highest BCUT2D eigenvalue weighted by Gasteiger charge is 2.26. The van der Waals surface area contributed by atoms with Crippen LogP contribution in [0.2, 0.25) is 0 Å². The number of ketones is 1. The third-order valence-electron chi connectivity index (χ3n) is 3.50. The molecule has 100 valence electrons. The molecule has 0 saturated heterocycles. The predicted molar refractivity (Wildman–Crippen MR) is 79.8 cm³/mol. The third kappa shape index (κ3) is 4.87. The van der Waals surface area contributed by atoms with E-state index in [0.29, 0.717) is 18.1 Å². The van der Waals surface area contributed by atoms with Gasteiger partial charge in [-0.15, -0.1) is 13.2 Å². The standard InChI is InChI=1S/C15H22O.C2H4/c1-5-15(3,4)14(16)11-12(2)13-9-7-6-8-10-13;1-2/h6-10,12H,5,11H2,1-4H3;1-2H2/t12-;/m1./s1. The van der Waals surface area contributed by atoms with E-state index in [2.05, 4.69) is 39.1 Å². The molecule has 0 fully saturated rings. The molecule has 1 aromatic rings. The topological polar surface area (TPSA) is 17.1 Å². The molecule has 0 amide bonds. The van der Waals surface area contributed by atoms with Crippen molar-refractivity contribution in [2.75, 3.05) is 0 Å². The van der Waals surface area contributed by atoms with Crippen LogP contribution in [0, 0.1) is 5.41 Å². The van der Waals surface area contributed by atoms with Crippen LogP contribution in [0.3, 0.4) is 0 Å². The van der Waals surface area contributed by atoms with Crippen molar-refractivity contribution in [1.29, 1.82) is 0 Å². The number of Topliss-reactive ketones (excluding diaryl/α,β-unsaturated/α-hetero) is 1. The summed E-state index contributed by atoms with van der Waals surface area (Å²) in [7, 11) is 0. The maximum atomic E-state index is 12.1. The lowest BCUT2D eigenvalue weighted by atomic mass is 9.80. The molecule has 0 aromatic heterocycles.